The molecule has 0 atom stereocenters. The molecule has 3 aliphatic rings. The molecule has 1 saturated heterocycles. The molecule has 0 radical (unpaired) electrons. The molecule has 2 aromatic heterocycles. The van der Waals surface area contributed by atoms with Crippen LogP contribution in [0.1, 0.15) is 39.3 Å². The molecule has 3 aromatic rings. The summed E-state index contributed by atoms with van der Waals surface area (Å²) in [5, 5.41) is 9.15. The summed E-state index contributed by atoms with van der Waals surface area (Å²) >= 11 is 0. The van der Waals surface area contributed by atoms with Gasteiger partial charge in [0.05, 0.1) is 24.6 Å². The summed E-state index contributed by atoms with van der Waals surface area (Å²) < 4.78 is 11.1. The Kier molecular flexibility index (Phi) is 5.57. The minimum atomic E-state index is -0.382. The number of nitrogens with one attached hydrogen (secondary N) is 3. The highest BCUT2D eigenvalue weighted by molar-refractivity contribution is 6.07. The van der Waals surface area contributed by atoms with Crippen LogP contribution in [0.2, 0.25) is 0 Å². The number of ether oxygens (including phenoxy) is 1. The van der Waals surface area contributed by atoms with Crippen LogP contribution in [0, 0.1) is 5.92 Å². The summed E-state index contributed by atoms with van der Waals surface area (Å²) in [6.07, 6.45) is 5.57. The molecular weight excluding hydrogens is 448 g/mol. The monoisotopic (exact) mass is 474 g/mol. The molecule has 10 heteroatoms. The maximum absolute atomic E-state index is 13.1. The molecule has 3 N–H and O–H groups in total. The number of nitrogens with zero attached hydrogens (tertiary/aromatic N) is 3. The van der Waals surface area contributed by atoms with Gasteiger partial charge in [-0.1, -0.05) is 0 Å². The van der Waals surface area contributed by atoms with Gasteiger partial charge in [0.25, 0.3) is 11.8 Å². The normalized spacial score (nSPS) is 17.1. The van der Waals surface area contributed by atoms with Gasteiger partial charge < -0.3 is 30.0 Å². The average Bonchev–Trinajstić information content (AvgIpc) is 3.46. The van der Waals surface area contributed by atoms with Crippen molar-refractivity contribution in [2.75, 3.05) is 48.4 Å². The van der Waals surface area contributed by atoms with Crippen LogP contribution in [0.15, 0.2) is 41.1 Å². The summed E-state index contributed by atoms with van der Waals surface area (Å²) in [7, 11) is 0. The van der Waals surface area contributed by atoms with Crippen LogP contribution in [0.5, 0.6) is 0 Å². The van der Waals surface area contributed by atoms with Crippen molar-refractivity contribution in [3.8, 4) is 11.5 Å². The lowest BCUT2D eigenvalue weighted by Crippen LogP contribution is -2.37. The number of pyridine rings is 1. The SMILES string of the molecule is O=C(Nc1cc2c(cc1N1CCOCC1)C(=O)NC2)c1coc(-c2ccnc(NCC3CC3)c2)n1. The lowest BCUT2D eigenvalue weighted by molar-refractivity contribution is 0.0964. The molecule has 6 rings (SSSR count). The molecule has 35 heavy (non-hydrogen) atoms. The number of morpholine rings is 1. The van der Waals surface area contributed by atoms with E-state index >= 15 is 0 Å². The van der Waals surface area contributed by atoms with Gasteiger partial charge in [0, 0.05) is 43.5 Å². The zero-order valence-corrected chi connectivity index (χ0v) is 19.2. The molecule has 0 spiro atoms. The quantitative estimate of drug-likeness (QED) is 0.478. The Balaban J connectivity index is 1.22. The van der Waals surface area contributed by atoms with E-state index in [0.717, 1.165) is 35.1 Å². The number of rotatable bonds is 7. The Morgan fingerprint density at radius 1 is 1.20 bits per heavy atom. The molecule has 2 amide bonds. The second kappa shape index (κ2) is 9.03. The van der Waals surface area contributed by atoms with E-state index in [0.29, 0.717) is 50.0 Å². The van der Waals surface area contributed by atoms with Crippen LogP contribution >= 0.6 is 0 Å². The number of benzene rings is 1. The average molecular weight is 475 g/mol. The van der Waals surface area contributed by atoms with Crippen LogP contribution in [0.4, 0.5) is 17.2 Å². The van der Waals surface area contributed by atoms with E-state index in [4.69, 9.17) is 9.15 Å². The third-order valence-electron chi connectivity index (χ3n) is 6.52. The highest BCUT2D eigenvalue weighted by atomic mass is 16.5. The van der Waals surface area contributed by atoms with Crippen molar-refractivity contribution < 1.29 is 18.7 Å². The van der Waals surface area contributed by atoms with Crippen LogP contribution in [-0.2, 0) is 11.3 Å². The zero-order chi connectivity index (χ0) is 23.8. The van der Waals surface area contributed by atoms with Crippen LogP contribution in [0.25, 0.3) is 11.5 Å². The first kappa shape index (κ1) is 21.6. The summed E-state index contributed by atoms with van der Waals surface area (Å²) in [4.78, 5) is 36.2. The van der Waals surface area contributed by atoms with Crippen molar-refractivity contribution in [3.63, 3.8) is 0 Å². The minimum Gasteiger partial charge on any atom is -0.444 e. The summed E-state index contributed by atoms with van der Waals surface area (Å²) in [5.74, 6) is 1.36. The summed E-state index contributed by atoms with van der Waals surface area (Å²) in [5.41, 5.74) is 3.83. The number of oxazole rings is 1. The lowest BCUT2D eigenvalue weighted by Gasteiger charge is -2.31. The second-order valence-corrected chi connectivity index (χ2v) is 9.05. The Bertz CT molecular complexity index is 1280. The molecule has 1 saturated carbocycles. The number of fused-ring (bicyclic) bond motifs is 1. The fourth-order valence-electron chi connectivity index (χ4n) is 4.36. The van der Waals surface area contributed by atoms with Gasteiger partial charge in [-0.05, 0) is 48.6 Å². The Morgan fingerprint density at radius 2 is 2.06 bits per heavy atom. The molecular formula is C25H26N6O4. The lowest BCUT2D eigenvalue weighted by atomic mass is 10.1. The van der Waals surface area contributed by atoms with E-state index in [2.05, 4.69) is 30.8 Å². The van der Waals surface area contributed by atoms with E-state index in [9.17, 15) is 9.59 Å². The van der Waals surface area contributed by atoms with Crippen molar-refractivity contribution >= 4 is 29.0 Å². The molecule has 2 fully saturated rings. The van der Waals surface area contributed by atoms with E-state index in [-0.39, 0.29) is 17.5 Å². The predicted molar refractivity (Wildman–Crippen MR) is 130 cm³/mol. The first-order valence-electron chi connectivity index (χ1n) is 11.9. The summed E-state index contributed by atoms with van der Waals surface area (Å²) in [6.45, 7) is 3.88. The van der Waals surface area contributed by atoms with Gasteiger partial charge >= 0.3 is 0 Å². The van der Waals surface area contributed by atoms with Crippen LogP contribution < -0.4 is 20.9 Å². The topological polar surface area (TPSA) is 122 Å². The van der Waals surface area contributed by atoms with Crippen LogP contribution in [0.3, 0.4) is 0 Å². The molecule has 2 aliphatic heterocycles. The van der Waals surface area contributed by atoms with E-state index in [1.165, 1.54) is 19.1 Å². The van der Waals surface area contributed by atoms with Crippen LogP contribution in [-0.4, -0.2) is 54.6 Å². The number of carbonyl (C=O) groups is 2. The second-order valence-electron chi connectivity index (χ2n) is 9.05. The van der Waals surface area contributed by atoms with E-state index < -0.39 is 0 Å². The van der Waals surface area contributed by atoms with Crippen molar-refractivity contribution in [2.24, 2.45) is 5.92 Å². The number of hydrogen-bond donors (Lipinski definition) is 3. The first-order valence-corrected chi connectivity index (χ1v) is 11.9. The zero-order valence-electron chi connectivity index (χ0n) is 19.2. The van der Waals surface area contributed by atoms with Gasteiger partial charge in [-0.25, -0.2) is 9.97 Å². The van der Waals surface area contributed by atoms with Gasteiger partial charge in [0.15, 0.2) is 5.69 Å². The Morgan fingerprint density at radius 3 is 2.89 bits per heavy atom. The Labute approximate surface area is 202 Å². The van der Waals surface area contributed by atoms with Gasteiger partial charge in [-0.15, -0.1) is 0 Å². The fraction of sp³-hybridized carbons (Fsp3) is 0.360. The number of amides is 2. The molecule has 0 unspecified atom stereocenters. The first-order chi connectivity index (χ1) is 17.1. The van der Waals surface area contributed by atoms with Crippen molar-refractivity contribution in [3.05, 3.63) is 53.5 Å². The van der Waals surface area contributed by atoms with Crippen molar-refractivity contribution in [1.29, 1.82) is 0 Å². The van der Waals surface area contributed by atoms with Gasteiger partial charge in [-0.3, -0.25) is 9.59 Å². The highest BCUT2D eigenvalue weighted by Crippen LogP contribution is 2.33. The summed E-state index contributed by atoms with van der Waals surface area (Å²) in [6, 6.07) is 7.38. The molecule has 4 heterocycles. The molecule has 1 aliphatic carbocycles. The van der Waals surface area contributed by atoms with E-state index in [1.54, 1.807) is 12.3 Å². The highest BCUT2D eigenvalue weighted by Gasteiger charge is 2.26. The maximum Gasteiger partial charge on any atom is 0.277 e. The largest absolute Gasteiger partial charge is 0.444 e. The maximum atomic E-state index is 13.1. The Hall–Kier alpha value is -3.92. The van der Waals surface area contributed by atoms with E-state index in [1.807, 2.05) is 18.2 Å². The smallest absolute Gasteiger partial charge is 0.277 e. The van der Waals surface area contributed by atoms with Gasteiger partial charge in [0.1, 0.15) is 12.1 Å². The molecule has 1 aromatic carbocycles. The number of hydrogen-bond acceptors (Lipinski definition) is 8. The van der Waals surface area contributed by atoms with Gasteiger partial charge in [-0.2, -0.15) is 0 Å². The predicted octanol–water partition coefficient (Wildman–Crippen LogP) is 2.89. The number of carbonyl (C=O) groups excluding carboxylic acids is 2. The standard InChI is InChI=1S/C25H26N6O4/c32-23-18-11-21(31-5-7-34-8-6-31)19(9-17(18)13-28-23)29-24(33)20-14-35-25(30-20)16-3-4-26-22(10-16)27-12-15-1-2-15/h3-4,9-11,14-15H,1-2,5-8,12-13H2,(H,26,27)(H,28,32)(H,29,33). The fourth-order valence-corrected chi connectivity index (χ4v) is 4.36. The number of anilines is 3. The molecule has 180 valence electrons. The van der Waals surface area contributed by atoms with Crippen molar-refractivity contribution in [1.82, 2.24) is 15.3 Å². The molecule has 0 bridgehead atoms. The molecule has 10 nitrogen and oxygen atoms in total. The van der Waals surface area contributed by atoms with Gasteiger partial charge in [0.2, 0.25) is 5.89 Å². The third kappa shape index (κ3) is 4.57. The third-order valence-corrected chi connectivity index (χ3v) is 6.52. The minimum absolute atomic E-state index is 0.100. The van der Waals surface area contributed by atoms with Crippen molar-refractivity contribution in [2.45, 2.75) is 19.4 Å². The number of aromatic nitrogens is 2.